The quantitative estimate of drug-likeness (QED) is 0.649. The number of carbonyl (C=O) groups excluding carboxylic acids is 1. The number of aromatic amines is 1. The second-order valence-corrected chi connectivity index (χ2v) is 6.23. The van der Waals surface area contributed by atoms with Crippen molar-refractivity contribution >= 4 is 51.2 Å². The molecule has 0 aliphatic carbocycles. The van der Waals surface area contributed by atoms with Crippen molar-refractivity contribution in [1.82, 2.24) is 4.98 Å². The fourth-order valence-electron chi connectivity index (χ4n) is 2.30. The Bertz CT molecular complexity index is 803. The number of hydrogen-bond donors (Lipinski definition) is 1. The molecule has 0 radical (unpaired) electrons. The van der Waals surface area contributed by atoms with Crippen molar-refractivity contribution in [2.45, 2.75) is 13.3 Å². The lowest BCUT2D eigenvalue weighted by molar-refractivity contribution is 0.104. The van der Waals surface area contributed by atoms with Crippen LogP contribution < -0.4 is 0 Å². The smallest absolute Gasteiger partial charge is 0.205 e. The normalized spacial score (nSPS) is 11.2. The standard InChI is InChI=1S/C15H11Cl2NOS/c1-2-8-3-4-20-15(8)14(19)10-7-18-12-6-9(16)5-11(17)13(10)12/h3-7,18H,2H2,1H3. The summed E-state index contributed by atoms with van der Waals surface area (Å²) in [6.45, 7) is 2.04. The molecule has 0 saturated carbocycles. The Morgan fingerprint density at radius 2 is 2.15 bits per heavy atom. The Balaban J connectivity index is 2.18. The van der Waals surface area contributed by atoms with Crippen LogP contribution >= 0.6 is 34.5 Å². The van der Waals surface area contributed by atoms with E-state index in [1.54, 1.807) is 18.3 Å². The van der Waals surface area contributed by atoms with E-state index in [0.29, 0.717) is 15.6 Å². The lowest BCUT2D eigenvalue weighted by atomic mass is 10.0. The maximum absolute atomic E-state index is 12.7. The summed E-state index contributed by atoms with van der Waals surface area (Å²) < 4.78 is 0. The van der Waals surface area contributed by atoms with Gasteiger partial charge >= 0.3 is 0 Å². The maximum atomic E-state index is 12.7. The van der Waals surface area contributed by atoms with Crippen LogP contribution in [0.15, 0.2) is 29.8 Å². The minimum Gasteiger partial charge on any atom is -0.360 e. The maximum Gasteiger partial charge on any atom is 0.205 e. The number of benzene rings is 1. The Kier molecular flexibility index (Phi) is 3.59. The van der Waals surface area contributed by atoms with E-state index in [4.69, 9.17) is 23.2 Å². The molecule has 1 aromatic carbocycles. The van der Waals surface area contributed by atoms with Crippen molar-refractivity contribution in [2.24, 2.45) is 0 Å². The van der Waals surface area contributed by atoms with E-state index < -0.39 is 0 Å². The molecular weight excluding hydrogens is 313 g/mol. The van der Waals surface area contributed by atoms with Crippen molar-refractivity contribution in [3.63, 3.8) is 0 Å². The highest BCUT2D eigenvalue weighted by atomic mass is 35.5. The highest BCUT2D eigenvalue weighted by molar-refractivity contribution is 7.12. The van der Waals surface area contributed by atoms with Crippen LogP contribution in [0.3, 0.4) is 0 Å². The number of nitrogens with one attached hydrogen (secondary N) is 1. The largest absolute Gasteiger partial charge is 0.360 e. The summed E-state index contributed by atoms with van der Waals surface area (Å²) in [4.78, 5) is 16.5. The molecule has 2 aromatic heterocycles. The van der Waals surface area contributed by atoms with E-state index in [9.17, 15) is 4.79 Å². The summed E-state index contributed by atoms with van der Waals surface area (Å²) in [6.07, 6.45) is 2.54. The molecule has 0 amide bonds. The van der Waals surface area contributed by atoms with E-state index in [1.165, 1.54) is 11.3 Å². The van der Waals surface area contributed by atoms with Gasteiger partial charge in [-0.2, -0.15) is 0 Å². The third kappa shape index (κ3) is 2.16. The fraction of sp³-hybridized carbons (Fsp3) is 0.133. The molecule has 5 heteroatoms. The Morgan fingerprint density at radius 1 is 1.35 bits per heavy atom. The average molecular weight is 324 g/mol. The van der Waals surface area contributed by atoms with Gasteiger partial charge < -0.3 is 4.98 Å². The van der Waals surface area contributed by atoms with Crippen LogP contribution in [-0.2, 0) is 6.42 Å². The lowest BCUT2D eigenvalue weighted by Gasteiger charge is -2.02. The van der Waals surface area contributed by atoms with E-state index in [1.807, 2.05) is 18.4 Å². The number of aryl methyl sites for hydroxylation is 1. The van der Waals surface area contributed by atoms with Crippen LogP contribution in [0, 0.1) is 0 Å². The topological polar surface area (TPSA) is 32.9 Å². The molecule has 2 nitrogen and oxygen atoms in total. The number of fused-ring (bicyclic) bond motifs is 1. The molecule has 0 spiro atoms. The molecule has 102 valence electrons. The van der Waals surface area contributed by atoms with Gasteiger partial charge in [-0.1, -0.05) is 30.1 Å². The molecule has 3 rings (SSSR count). The second kappa shape index (κ2) is 5.24. The first kappa shape index (κ1) is 13.7. The summed E-state index contributed by atoms with van der Waals surface area (Å²) in [6, 6.07) is 5.42. The van der Waals surface area contributed by atoms with Crippen molar-refractivity contribution in [3.8, 4) is 0 Å². The minimum absolute atomic E-state index is 0.00678. The number of aromatic nitrogens is 1. The second-order valence-electron chi connectivity index (χ2n) is 4.47. The molecule has 0 atom stereocenters. The van der Waals surface area contributed by atoms with Crippen LogP contribution in [-0.4, -0.2) is 10.8 Å². The van der Waals surface area contributed by atoms with Crippen LogP contribution in [0.1, 0.15) is 27.7 Å². The number of halogens is 2. The number of rotatable bonds is 3. The molecule has 20 heavy (non-hydrogen) atoms. The zero-order chi connectivity index (χ0) is 14.3. The molecule has 0 unspecified atom stereocenters. The first-order valence-corrected chi connectivity index (χ1v) is 7.82. The highest BCUT2D eigenvalue weighted by Crippen LogP contribution is 2.32. The Labute approximate surface area is 130 Å². The van der Waals surface area contributed by atoms with Crippen LogP contribution in [0.5, 0.6) is 0 Å². The fourth-order valence-corrected chi connectivity index (χ4v) is 3.84. The predicted octanol–water partition coefficient (Wildman–Crippen LogP) is 5.33. The van der Waals surface area contributed by atoms with Crippen molar-refractivity contribution in [2.75, 3.05) is 0 Å². The summed E-state index contributed by atoms with van der Waals surface area (Å²) in [7, 11) is 0. The molecule has 2 heterocycles. The predicted molar refractivity (Wildman–Crippen MR) is 85.4 cm³/mol. The van der Waals surface area contributed by atoms with Crippen molar-refractivity contribution < 1.29 is 4.79 Å². The van der Waals surface area contributed by atoms with Crippen LogP contribution in [0.4, 0.5) is 0 Å². The zero-order valence-corrected chi connectivity index (χ0v) is 13.0. The minimum atomic E-state index is 0.00678. The Morgan fingerprint density at radius 3 is 2.90 bits per heavy atom. The number of H-pyrrole nitrogens is 1. The zero-order valence-electron chi connectivity index (χ0n) is 10.7. The van der Waals surface area contributed by atoms with Gasteiger partial charge in [-0.15, -0.1) is 11.3 Å². The monoisotopic (exact) mass is 323 g/mol. The van der Waals surface area contributed by atoms with Crippen LogP contribution in [0.2, 0.25) is 10.0 Å². The van der Waals surface area contributed by atoms with Gasteiger partial charge in [0.05, 0.1) is 15.5 Å². The molecule has 0 fully saturated rings. The van der Waals surface area contributed by atoms with Crippen molar-refractivity contribution in [1.29, 1.82) is 0 Å². The van der Waals surface area contributed by atoms with Gasteiger partial charge in [0.2, 0.25) is 5.78 Å². The van der Waals surface area contributed by atoms with E-state index >= 15 is 0 Å². The summed E-state index contributed by atoms with van der Waals surface area (Å²) in [5.74, 6) is 0.00678. The van der Waals surface area contributed by atoms with Gasteiger partial charge in [-0.05, 0) is 35.6 Å². The molecule has 0 bridgehead atoms. The first-order chi connectivity index (χ1) is 9.61. The molecule has 0 aliphatic heterocycles. The number of carbonyl (C=O) groups is 1. The molecule has 0 aliphatic rings. The van der Waals surface area contributed by atoms with Gasteiger partial charge in [-0.25, -0.2) is 0 Å². The van der Waals surface area contributed by atoms with Gasteiger partial charge in [0.1, 0.15) is 0 Å². The summed E-state index contributed by atoms with van der Waals surface area (Å²) in [5, 5.41) is 3.72. The number of ketones is 1. The molecular formula is C15H11Cl2NOS. The van der Waals surface area contributed by atoms with Gasteiger partial charge in [0.15, 0.2) is 0 Å². The highest BCUT2D eigenvalue weighted by Gasteiger charge is 2.19. The Hall–Kier alpha value is -1.29. The molecule has 1 N–H and O–H groups in total. The third-order valence-corrected chi connectivity index (χ3v) is 4.75. The first-order valence-electron chi connectivity index (χ1n) is 6.19. The van der Waals surface area contributed by atoms with Crippen molar-refractivity contribution in [3.05, 3.63) is 55.8 Å². The molecule has 0 saturated heterocycles. The average Bonchev–Trinajstić information content (AvgIpc) is 3.03. The lowest BCUT2D eigenvalue weighted by Crippen LogP contribution is -2.00. The van der Waals surface area contributed by atoms with E-state index in [0.717, 1.165) is 27.8 Å². The number of thiophene rings is 1. The van der Waals surface area contributed by atoms with Gasteiger partial charge in [0, 0.05) is 22.1 Å². The van der Waals surface area contributed by atoms with E-state index in [-0.39, 0.29) is 5.78 Å². The molecule has 3 aromatic rings. The van der Waals surface area contributed by atoms with Crippen LogP contribution in [0.25, 0.3) is 10.9 Å². The summed E-state index contributed by atoms with van der Waals surface area (Å²) >= 11 is 13.7. The van der Waals surface area contributed by atoms with Gasteiger partial charge in [-0.3, -0.25) is 4.79 Å². The SMILES string of the molecule is CCc1ccsc1C(=O)c1c[nH]c2cc(Cl)cc(Cl)c12. The third-order valence-electron chi connectivity index (χ3n) is 3.27. The van der Waals surface area contributed by atoms with Gasteiger partial charge in [0.25, 0.3) is 0 Å². The summed E-state index contributed by atoms with van der Waals surface area (Å²) in [5.41, 5.74) is 2.44. The van der Waals surface area contributed by atoms with E-state index in [2.05, 4.69) is 4.98 Å². The number of hydrogen-bond acceptors (Lipinski definition) is 2.